The second-order valence-corrected chi connectivity index (χ2v) is 11.6. The lowest BCUT2D eigenvalue weighted by atomic mass is 10.1. The lowest BCUT2D eigenvalue weighted by Crippen LogP contribution is -2.28. The minimum Gasteiger partial charge on any atom is -0.490 e. The van der Waals surface area contributed by atoms with E-state index in [4.69, 9.17) is 14.5 Å². The van der Waals surface area contributed by atoms with Crippen molar-refractivity contribution in [2.45, 2.75) is 20.8 Å². The van der Waals surface area contributed by atoms with Crippen LogP contribution in [0.1, 0.15) is 23.6 Å². The molecule has 43 heavy (non-hydrogen) atoms. The Bertz CT molecular complexity index is 1690. The third-order valence-corrected chi connectivity index (χ3v) is 7.95. The highest BCUT2D eigenvalue weighted by molar-refractivity contribution is 9.10. The molecule has 1 aliphatic heterocycles. The molecule has 218 valence electrons. The summed E-state index contributed by atoms with van der Waals surface area (Å²) in [5, 5.41) is 3.37. The van der Waals surface area contributed by atoms with Crippen molar-refractivity contribution in [2.75, 3.05) is 23.4 Å². The number of aliphatic imine (C=N–C) groups is 1. The van der Waals surface area contributed by atoms with Gasteiger partial charge in [-0.05, 0) is 109 Å². The van der Waals surface area contributed by atoms with Gasteiger partial charge in [0.25, 0.3) is 11.8 Å². The average Bonchev–Trinajstić information content (AvgIpc) is 3.28. The fourth-order valence-electron chi connectivity index (χ4n) is 4.28. The number of halogens is 1. The number of nitrogens with zero attached hydrogens (tertiary/aromatic N) is 2. The summed E-state index contributed by atoms with van der Waals surface area (Å²) >= 11 is 4.89. The summed E-state index contributed by atoms with van der Waals surface area (Å²) in [6.45, 7) is 6.09. The lowest BCUT2D eigenvalue weighted by Gasteiger charge is -2.16. The van der Waals surface area contributed by atoms with Gasteiger partial charge in [-0.2, -0.15) is 0 Å². The highest BCUT2D eigenvalue weighted by atomic mass is 79.9. The number of aryl methyl sites for hydroxylation is 2. The first kappa shape index (κ1) is 30.1. The Balaban J connectivity index is 1.43. The molecule has 0 aromatic heterocycles. The average molecular weight is 657 g/mol. The molecule has 0 radical (unpaired) electrons. The van der Waals surface area contributed by atoms with Crippen LogP contribution in [-0.4, -0.2) is 30.2 Å². The van der Waals surface area contributed by atoms with Crippen LogP contribution in [0, 0.1) is 13.8 Å². The van der Waals surface area contributed by atoms with Crippen LogP contribution < -0.4 is 19.7 Å². The number of para-hydroxylation sites is 1. The van der Waals surface area contributed by atoms with Crippen molar-refractivity contribution in [2.24, 2.45) is 4.99 Å². The smallest absolute Gasteiger partial charge is 0.271 e. The molecule has 1 aliphatic rings. The zero-order chi connectivity index (χ0) is 30.3. The molecule has 4 aromatic rings. The van der Waals surface area contributed by atoms with Crippen LogP contribution in [0.2, 0.25) is 0 Å². The summed E-state index contributed by atoms with van der Waals surface area (Å²) in [5.74, 6) is 0.388. The van der Waals surface area contributed by atoms with Gasteiger partial charge in [-0.1, -0.05) is 53.6 Å². The molecule has 1 fully saturated rings. The second-order valence-electron chi connectivity index (χ2n) is 9.78. The fraction of sp³-hybridized carbons (Fsp3) is 0.147. The van der Waals surface area contributed by atoms with Crippen LogP contribution in [0.3, 0.4) is 0 Å². The van der Waals surface area contributed by atoms with E-state index in [1.54, 1.807) is 23.1 Å². The highest BCUT2D eigenvalue weighted by Crippen LogP contribution is 2.41. The molecule has 9 heteroatoms. The van der Waals surface area contributed by atoms with E-state index in [1.165, 1.54) is 11.8 Å². The molecule has 0 atom stereocenters. The van der Waals surface area contributed by atoms with Crippen LogP contribution in [0.5, 0.6) is 11.5 Å². The summed E-state index contributed by atoms with van der Waals surface area (Å²) in [7, 11) is 0. The van der Waals surface area contributed by atoms with Gasteiger partial charge in [-0.3, -0.25) is 14.5 Å². The summed E-state index contributed by atoms with van der Waals surface area (Å²) in [6, 6.07) is 28.5. The van der Waals surface area contributed by atoms with Crippen molar-refractivity contribution < 1.29 is 19.1 Å². The van der Waals surface area contributed by atoms with E-state index >= 15 is 0 Å². The number of amidine groups is 1. The van der Waals surface area contributed by atoms with Crippen molar-refractivity contribution in [3.63, 3.8) is 0 Å². The van der Waals surface area contributed by atoms with Crippen LogP contribution in [0.4, 0.5) is 17.1 Å². The Morgan fingerprint density at radius 2 is 1.63 bits per heavy atom. The van der Waals surface area contributed by atoms with Crippen molar-refractivity contribution in [1.82, 2.24) is 0 Å². The largest absolute Gasteiger partial charge is 0.490 e. The third-order valence-electron chi connectivity index (χ3n) is 6.39. The molecule has 7 nitrogen and oxygen atoms in total. The van der Waals surface area contributed by atoms with Crippen molar-refractivity contribution >= 4 is 67.8 Å². The molecule has 0 aliphatic carbocycles. The standard InChI is InChI=1S/C34H30BrN3O4S/c1-4-41-29-19-24(18-28(35)32(29)42-21-31(39)36-25-8-6-5-7-9-25)20-30-33(40)38(27-16-12-23(3)13-17-27)34(43-30)37-26-14-10-22(2)11-15-26/h5-20H,4,21H2,1-3H3,(H,36,39)/b30-20-,37-34?. The first-order valence-electron chi connectivity index (χ1n) is 13.7. The number of ether oxygens (including phenoxy) is 2. The Hall–Kier alpha value is -4.34. The molecule has 0 spiro atoms. The van der Waals surface area contributed by atoms with Crippen LogP contribution >= 0.6 is 27.7 Å². The van der Waals surface area contributed by atoms with Gasteiger partial charge in [0.2, 0.25) is 0 Å². The number of anilines is 2. The van der Waals surface area contributed by atoms with E-state index in [1.807, 2.05) is 99.6 Å². The zero-order valence-corrected chi connectivity index (χ0v) is 26.4. The molecule has 1 N–H and O–H groups in total. The molecule has 2 amide bonds. The van der Waals surface area contributed by atoms with Gasteiger partial charge in [0.15, 0.2) is 23.3 Å². The highest BCUT2D eigenvalue weighted by Gasteiger charge is 2.35. The number of thioether (sulfide) groups is 1. The molecular weight excluding hydrogens is 626 g/mol. The number of amides is 2. The number of hydrogen-bond acceptors (Lipinski definition) is 6. The van der Waals surface area contributed by atoms with Crippen molar-refractivity contribution in [1.29, 1.82) is 0 Å². The topological polar surface area (TPSA) is 80.2 Å². The number of hydrogen-bond donors (Lipinski definition) is 1. The third kappa shape index (κ3) is 7.55. The van der Waals surface area contributed by atoms with Crippen LogP contribution in [0.25, 0.3) is 6.08 Å². The Labute approximate surface area is 263 Å². The fourth-order valence-corrected chi connectivity index (χ4v) is 5.86. The normalized spacial score (nSPS) is 14.8. The van der Waals surface area contributed by atoms with Crippen LogP contribution in [0.15, 0.2) is 105 Å². The summed E-state index contributed by atoms with van der Waals surface area (Å²) in [4.78, 5) is 33.2. The van der Waals surface area contributed by atoms with E-state index in [9.17, 15) is 9.59 Å². The van der Waals surface area contributed by atoms with Crippen LogP contribution in [-0.2, 0) is 9.59 Å². The Kier molecular flexibility index (Phi) is 9.64. The molecule has 5 rings (SSSR count). The number of benzene rings is 4. The number of carbonyl (C=O) groups excluding carboxylic acids is 2. The van der Waals surface area contributed by atoms with Gasteiger partial charge < -0.3 is 14.8 Å². The number of carbonyl (C=O) groups is 2. The Morgan fingerprint density at radius 3 is 2.30 bits per heavy atom. The first-order valence-corrected chi connectivity index (χ1v) is 15.3. The van der Waals surface area contributed by atoms with Gasteiger partial charge in [-0.25, -0.2) is 4.99 Å². The summed E-state index contributed by atoms with van der Waals surface area (Å²) in [6.07, 6.45) is 1.81. The SMILES string of the molecule is CCOc1cc(/C=C2\SC(=Nc3ccc(C)cc3)N(c3ccc(C)cc3)C2=O)cc(Br)c1OCC(=O)Nc1ccccc1. The van der Waals surface area contributed by atoms with Crippen molar-refractivity contribution in [3.05, 3.63) is 117 Å². The van der Waals surface area contributed by atoms with Gasteiger partial charge in [0.1, 0.15) is 0 Å². The monoisotopic (exact) mass is 655 g/mol. The zero-order valence-electron chi connectivity index (χ0n) is 24.0. The molecule has 0 saturated carbocycles. The van der Waals surface area contributed by atoms with Gasteiger partial charge in [0, 0.05) is 5.69 Å². The van der Waals surface area contributed by atoms with E-state index in [-0.39, 0.29) is 18.4 Å². The molecule has 0 bridgehead atoms. The minimum atomic E-state index is -0.295. The molecule has 4 aromatic carbocycles. The maximum atomic E-state index is 13.8. The lowest BCUT2D eigenvalue weighted by molar-refractivity contribution is -0.118. The summed E-state index contributed by atoms with van der Waals surface area (Å²) in [5.41, 5.74) is 5.15. The van der Waals surface area contributed by atoms with E-state index in [0.29, 0.717) is 38.3 Å². The maximum Gasteiger partial charge on any atom is 0.271 e. The molecule has 1 heterocycles. The molecule has 1 saturated heterocycles. The molecule has 0 unspecified atom stereocenters. The van der Waals surface area contributed by atoms with Gasteiger partial charge in [-0.15, -0.1) is 0 Å². The quantitative estimate of drug-likeness (QED) is 0.184. The summed E-state index contributed by atoms with van der Waals surface area (Å²) < 4.78 is 12.3. The number of rotatable bonds is 9. The number of nitrogens with one attached hydrogen (secondary N) is 1. The van der Waals surface area contributed by atoms with Gasteiger partial charge in [0.05, 0.1) is 27.4 Å². The van der Waals surface area contributed by atoms with Crippen molar-refractivity contribution in [3.8, 4) is 11.5 Å². The minimum absolute atomic E-state index is 0.174. The second kappa shape index (κ2) is 13.8. The first-order chi connectivity index (χ1) is 20.8. The predicted octanol–water partition coefficient (Wildman–Crippen LogP) is 8.29. The van der Waals surface area contributed by atoms with Gasteiger partial charge >= 0.3 is 0 Å². The maximum absolute atomic E-state index is 13.8. The molecular formula is C34H30BrN3O4S. The van der Waals surface area contributed by atoms with E-state index in [0.717, 1.165) is 28.1 Å². The Morgan fingerprint density at radius 1 is 0.953 bits per heavy atom. The predicted molar refractivity (Wildman–Crippen MR) is 178 cm³/mol. The van der Waals surface area contributed by atoms with E-state index in [2.05, 4.69) is 21.2 Å². The van der Waals surface area contributed by atoms with E-state index < -0.39 is 0 Å².